The Balaban J connectivity index is 1.46. The molecule has 2 aliphatic rings. The number of amides is 2. The number of rotatable bonds is 4. The zero-order valence-corrected chi connectivity index (χ0v) is 14.5. The molecular weight excluding hydrogens is 306 g/mol. The van der Waals surface area contributed by atoms with Gasteiger partial charge in [-0.2, -0.15) is 5.10 Å². The van der Waals surface area contributed by atoms with Gasteiger partial charge in [-0.15, -0.1) is 0 Å². The lowest BCUT2D eigenvalue weighted by Gasteiger charge is -2.35. The van der Waals surface area contributed by atoms with E-state index in [0.717, 1.165) is 51.1 Å². The van der Waals surface area contributed by atoms with Gasteiger partial charge < -0.3 is 9.80 Å². The Morgan fingerprint density at radius 1 is 1.04 bits per heavy atom. The van der Waals surface area contributed by atoms with Crippen LogP contribution >= 0.6 is 0 Å². The SMILES string of the molecule is CCc1cc(C(=O)N2CCN(CC(=O)N3CCCCC3)CC2)n[nH]1. The van der Waals surface area contributed by atoms with Crippen molar-refractivity contribution in [3.63, 3.8) is 0 Å². The van der Waals surface area contributed by atoms with Crippen LogP contribution in [0.1, 0.15) is 42.4 Å². The fourth-order valence-corrected chi connectivity index (χ4v) is 3.36. The molecule has 0 saturated carbocycles. The summed E-state index contributed by atoms with van der Waals surface area (Å²) in [6.07, 6.45) is 4.32. The van der Waals surface area contributed by atoms with Gasteiger partial charge in [0.2, 0.25) is 5.91 Å². The van der Waals surface area contributed by atoms with Crippen molar-refractivity contribution in [2.75, 3.05) is 45.8 Å². The molecule has 1 aromatic heterocycles. The molecule has 2 fully saturated rings. The maximum Gasteiger partial charge on any atom is 0.274 e. The predicted octanol–water partition coefficient (Wildman–Crippen LogP) is 0.742. The molecular formula is C17H27N5O2. The van der Waals surface area contributed by atoms with E-state index >= 15 is 0 Å². The summed E-state index contributed by atoms with van der Waals surface area (Å²) in [5, 5.41) is 6.99. The highest BCUT2D eigenvalue weighted by Crippen LogP contribution is 2.11. The summed E-state index contributed by atoms with van der Waals surface area (Å²) < 4.78 is 0. The Morgan fingerprint density at radius 3 is 2.38 bits per heavy atom. The number of piperidine rings is 1. The van der Waals surface area contributed by atoms with E-state index in [9.17, 15) is 9.59 Å². The van der Waals surface area contributed by atoms with Crippen molar-refractivity contribution in [2.24, 2.45) is 0 Å². The second-order valence-corrected chi connectivity index (χ2v) is 6.64. The van der Waals surface area contributed by atoms with E-state index < -0.39 is 0 Å². The summed E-state index contributed by atoms with van der Waals surface area (Å²) in [5.74, 6) is 0.210. The van der Waals surface area contributed by atoms with Crippen molar-refractivity contribution < 1.29 is 9.59 Å². The van der Waals surface area contributed by atoms with E-state index in [-0.39, 0.29) is 11.8 Å². The Labute approximate surface area is 143 Å². The number of piperazine rings is 1. The van der Waals surface area contributed by atoms with Crippen LogP contribution in [-0.2, 0) is 11.2 Å². The molecule has 3 rings (SSSR count). The molecule has 2 saturated heterocycles. The third-order valence-electron chi connectivity index (χ3n) is 4.96. The summed E-state index contributed by atoms with van der Waals surface area (Å²) in [6.45, 7) is 7.10. The number of nitrogens with one attached hydrogen (secondary N) is 1. The van der Waals surface area contributed by atoms with Crippen LogP contribution in [0.25, 0.3) is 0 Å². The van der Waals surface area contributed by atoms with Crippen molar-refractivity contribution in [3.05, 3.63) is 17.5 Å². The van der Waals surface area contributed by atoms with Gasteiger partial charge in [-0.3, -0.25) is 19.6 Å². The molecule has 0 aliphatic carbocycles. The molecule has 1 aromatic rings. The molecule has 0 radical (unpaired) electrons. The summed E-state index contributed by atoms with van der Waals surface area (Å²) in [5.41, 5.74) is 1.47. The average molecular weight is 333 g/mol. The standard InChI is InChI=1S/C17H27N5O2/c1-2-14-12-15(19-18-14)17(24)22-10-8-20(9-11-22)13-16(23)21-6-4-3-5-7-21/h12H,2-11,13H2,1H3,(H,18,19). The minimum Gasteiger partial charge on any atom is -0.342 e. The zero-order chi connectivity index (χ0) is 16.9. The van der Waals surface area contributed by atoms with Crippen molar-refractivity contribution in [3.8, 4) is 0 Å². The molecule has 0 atom stereocenters. The molecule has 2 amide bonds. The molecule has 3 heterocycles. The second kappa shape index (κ2) is 7.79. The Kier molecular flexibility index (Phi) is 5.50. The molecule has 0 unspecified atom stereocenters. The smallest absolute Gasteiger partial charge is 0.274 e. The molecule has 0 bridgehead atoms. The van der Waals surface area contributed by atoms with Crippen molar-refractivity contribution in [1.82, 2.24) is 24.9 Å². The summed E-state index contributed by atoms with van der Waals surface area (Å²) in [7, 11) is 0. The van der Waals surface area contributed by atoms with Gasteiger partial charge in [0.05, 0.1) is 6.54 Å². The van der Waals surface area contributed by atoms with Crippen LogP contribution in [0, 0.1) is 0 Å². The topological polar surface area (TPSA) is 72.5 Å². The molecule has 7 heteroatoms. The second-order valence-electron chi connectivity index (χ2n) is 6.64. The van der Waals surface area contributed by atoms with Gasteiger partial charge in [-0.05, 0) is 31.7 Å². The van der Waals surface area contributed by atoms with Crippen LogP contribution in [0.15, 0.2) is 6.07 Å². The third-order valence-corrected chi connectivity index (χ3v) is 4.96. The number of carbonyl (C=O) groups is 2. The number of nitrogens with zero attached hydrogens (tertiary/aromatic N) is 4. The van der Waals surface area contributed by atoms with E-state index in [0.29, 0.717) is 25.3 Å². The van der Waals surface area contributed by atoms with E-state index in [4.69, 9.17) is 0 Å². The fraction of sp³-hybridized carbons (Fsp3) is 0.706. The van der Waals surface area contributed by atoms with Gasteiger partial charge in [-0.25, -0.2) is 0 Å². The molecule has 7 nitrogen and oxygen atoms in total. The maximum atomic E-state index is 12.5. The molecule has 132 valence electrons. The van der Waals surface area contributed by atoms with Crippen LogP contribution in [0.3, 0.4) is 0 Å². The molecule has 1 N–H and O–H groups in total. The van der Waals surface area contributed by atoms with Crippen molar-refractivity contribution >= 4 is 11.8 Å². The first kappa shape index (κ1) is 17.0. The number of likely N-dealkylation sites (tertiary alicyclic amines) is 1. The lowest BCUT2D eigenvalue weighted by molar-refractivity contribution is -0.133. The Bertz CT molecular complexity index is 571. The minimum atomic E-state index is -0.0204. The van der Waals surface area contributed by atoms with E-state index in [2.05, 4.69) is 15.1 Å². The van der Waals surface area contributed by atoms with Gasteiger partial charge in [0, 0.05) is 45.0 Å². The normalized spacial score (nSPS) is 19.5. The van der Waals surface area contributed by atoms with Gasteiger partial charge in [0.1, 0.15) is 5.69 Å². The zero-order valence-electron chi connectivity index (χ0n) is 14.5. The number of aryl methyl sites for hydroxylation is 1. The summed E-state index contributed by atoms with van der Waals surface area (Å²) in [6, 6.07) is 1.83. The monoisotopic (exact) mass is 333 g/mol. The van der Waals surface area contributed by atoms with Gasteiger partial charge in [-0.1, -0.05) is 6.92 Å². The lowest BCUT2D eigenvalue weighted by Crippen LogP contribution is -2.52. The minimum absolute atomic E-state index is 0.0204. The average Bonchev–Trinajstić information content (AvgIpc) is 3.11. The molecule has 24 heavy (non-hydrogen) atoms. The summed E-state index contributed by atoms with van der Waals surface area (Å²) >= 11 is 0. The van der Waals surface area contributed by atoms with E-state index in [1.165, 1.54) is 6.42 Å². The summed E-state index contributed by atoms with van der Waals surface area (Å²) in [4.78, 5) is 30.8. The van der Waals surface area contributed by atoms with Crippen LogP contribution in [0.4, 0.5) is 0 Å². The largest absolute Gasteiger partial charge is 0.342 e. The van der Waals surface area contributed by atoms with E-state index in [1.54, 1.807) is 0 Å². The van der Waals surface area contributed by atoms with Gasteiger partial charge in [0.25, 0.3) is 5.91 Å². The number of aromatic nitrogens is 2. The van der Waals surface area contributed by atoms with Crippen LogP contribution in [-0.4, -0.2) is 82.5 Å². The van der Waals surface area contributed by atoms with Crippen LogP contribution < -0.4 is 0 Å². The highest BCUT2D eigenvalue weighted by molar-refractivity contribution is 5.92. The predicted molar refractivity (Wildman–Crippen MR) is 90.7 cm³/mol. The fourth-order valence-electron chi connectivity index (χ4n) is 3.36. The van der Waals surface area contributed by atoms with Gasteiger partial charge in [0.15, 0.2) is 0 Å². The maximum absolute atomic E-state index is 12.5. The van der Waals surface area contributed by atoms with Crippen LogP contribution in [0.5, 0.6) is 0 Å². The number of carbonyl (C=O) groups excluding carboxylic acids is 2. The first-order valence-corrected chi connectivity index (χ1v) is 9.01. The van der Waals surface area contributed by atoms with E-state index in [1.807, 2.05) is 22.8 Å². The lowest BCUT2D eigenvalue weighted by atomic mass is 10.1. The first-order valence-electron chi connectivity index (χ1n) is 9.01. The highest BCUT2D eigenvalue weighted by atomic mass is 16.2. The molecule has 0 spiro atoms. The number of H-pyrrole nitrogens is 1. The first-order chi connectivity index (χ1) is 11.7. The van der Waals surface area contributed by atoms with Crippen molar-refractivity contribution in [2.45, 2.75) is 32.6 Å². The highest BCUT2D eigenvalue weighted by Gasteiger charge is 2.26. The quantitative estimate of drug-likeness (QED) is 0.882. The number of hydrogen-bond donors (Lipinski definition) is 1. The Morgan fingerprint density at radius 2 is 1.75 bits per heavy atom. The molecule has 0 aromatic carbocycles. The van der Waals surface area contributed by atoms with Crippen molar-refractivity contribution in [1.29, 1.82) is 0 Å². The Hall–Kier alpha value is -1.89. The number of aromatic amines is 1. The molecule has 2 aliphatic heterocycles. The third kappa shape index (κ3) is 3.95. The number of hydrogen-bond acceptors (Lipinski definition) is 4. The van der Waals surface area contributed by atoms with Crippen LogP contribution in [0.2, 0.25) is 0 Å². The van der Waals surface area contributed by atoms with Gasteiger partial charge >= 0.3 is 0 Å².